The maximum atomic E-state index is 13.2. The highest BCUT2D eigenvalue weighted by molar-refractivity contribution is 5.83. The molecule has 4 rings (SSSR count). The summed E-state index contributed by atoms with van der Waals surface area (Å²) >= 11 is 0. The zero-order valence-corrected chi connectivity index (χ0v) is 14.5. The number of anilines is 1. The molecule has 1 aliphatic rings. The average Bonchev–Trinajstić information content (AvgIpc) is 3.24. The molecule has 0 spiro atoms. The lowest BCUT2D eigenvalue weighted by atomic mass is 10.1. The average molecular weight is 366 g/mol. The van der Waals surface area contributed by atoms with Crippen LogP contribution in [0.4, 0.5) is 5.82 Å². The van der Waals surface area contributed by atoms with Gasteiger partial charge >= 0.3 is 0 Å². The van der Waals surface area contributed by atoms with E-state index < -0.39 is 6.04 Å². The molecule has 1 atom stereocenters. The molecule has 1 amide bonds. The molecule has 1 N–H and O–H groups in total. The minimum atomic E-state index is -0.619. The first-order valence-electron chi connectivity index (χ1n) is 8.59. The van der Waals surface area contributed by atoms with Gasteiger partial charge in [-0.2, -0.15) is 0 Å². The number of piperazine rings is 1. The van der Waals surface area contributed by atoms with Crippen LogP contribution >= 0.6 is 0 Å². The molecule has 0 saturated carbocycles. The summed E-state index contributed by atoms with van der Waals surface area (Å²) in [6, 6.07) is 8.80. The van der Waals surface area contributed by atoms with E-state index in [2.05, 4.69) is 25.5 Å². The summed E-state index contributed by atoms with van der Waals surface area (Å²) in [5, 5.41) is 11.3. The molecule has 0 bridgehead atoms. The molecular formula is C17H18N8O2. The van der Waals surface area contributed by atoms with Crippen LogP contribution < -0.4 is 10.5 Å². The highest BCUT2D eigenvalue weighted by atomic mass is 16.2. The summed E-state index contributed by atoms with van der Waals surface area (Å²) in [6.45, 7) is 2.03. The molecule has 2 aromatic heterocycles. The van der Waals surface area contributed by atoms with Gasteiger partial charge in [0.2, 0.25) is 0 Å². The third kappa shape index (κ3) is 3.41. The lowest BCUT2D eigenvalue weighted by molar-refractivity contribution is -0.134. The van der Waals surface area contributed by atoms with Crippen LogP contribution in [0.3, 0.4) is 0 Å². The number of carbonyl (C=O) groups excluding carboxylic acids is 1. The van der Waals surface area contributed by atoms with Gasteiger partial charge < -0.3 is 14.8 Å². The van der Waals surface area contributed by atoms with E-state index in [1.54, 1.807) is 11.1 Å². The number of rotatable bonds is 4. The summed E-state index contributed by atoms with van der Waals surface area (Å²) in [6.07, 6.45) is 4.50. The third-order valence-corrected chi connectivity index (χ3v) is 4.56. The molecule has 3 heterocycles. The number of nitrogens with one attached hydrogen (secondary N) is 1. The van der Waals surface area contributed by atoms with Gasteiger partial charge in [0.25, 0.3) is 11.5 Å². The number of amides is 1. The lowest BCUT2D eigenvalue weighted by Gasteiger charge is -2.36. The molecule has 1 fully saturated rings. The molecule has 0 radical (unpaired) electrons. The minimum absolute atomic E-state index is 0.0805. The lowest BCUT2D eigenvalue weighted by Crippen LogP contribution is -2.52. The van der Waals surface area contributed by atoms with Gasteiger partial charge in [-0.3, -0.25) is 9.59 Å². The number of carbonyl (C=O) groups is 1. The molecule has 3 aromatic rings. The molecule has 10 nitrogen and oxygen atoms in total. The SMILES string of the molecule is O=C([C@H](c1ccccc1)n1cnnn1)N1CCN(c2ncc[nH]c2=O)CC1. The Kier molecular flexibility index (Phi) is 4.60. The van der Waals surface area contributed by atoms with Crippen molar-refractivity contribution >= 4 is 11.7 Å². The summed E-state index contributed by atoms with van der Waals surface area (Å²) in [5.41, 5.74) is 0.589. The van der Waals surface area contributed by atoms with Gasteiger partial charge in [0.05, 0.1) is 0 Å². The van der Waals surface area contributed by atoms with Gasteiger partial charge in [0, 0.05) is 38.6 Å². The standard InChI is InChI=1S/C17H18N8O2/c26-16-15(18-6-7-19-16)23-8-10-24(11-9-23)17(27)14(25-12-20-21-22-25)13-4-2-1-3-5-13/h1-7,12,14H,8-11H2,(H,19,26)/t14-/m0/s1. The van der Waals surface area contributed by atoms with Crippen LogP contribution in [0, 0.1) is 0 Å². The van der Waals surface area contributed by atoms with Crippen LogP contribution in [0.2, 0.25) is 0 Å². The van der Waals surface area contributed by atoms with Crippen LogP contribution in [0.1, 0.15) is 11.6 Å². The minimum Gasteiger partial charge on any atom is -0.348 e. The number of aromatic nitrogens is 6. The Morgan fingerprint density at radius 1 is 1.11 bits per heavy atom. The van der Waals surface area contributed by atoms with Gasteiger partial charge in [0.15, 0.2) is 11.9 Å². The van der Waals surface area contributed by atoms with Gasteiger partial charge in [-0.05, 0) is 16.0 Å². The fourth-order valence-electron chi connectivity index (χ4n) is 3.21. The number of hydrogen-bond acceptors (Lipinski definition) is 7. The summed E-state index contributed by atoms with van der Waals surface area (Å²) < 4.78 is 1.47. The van der Waals surface area contributed by atoms with Crippen molar-refractivity contribution in [1.82, 2.24) is 35.1 Å². The van der Waals surface area contributed by atoms with Crippen LogP contribution in [-0.4, -0.2) is 67.2 Å². The number of H-pyrrole nitrogens is 1. The normalized spacial score (nSPS) is 15.6. The molecule has 0 unspecified atom stereocenters. The van der Waals surface area contributed by atoms with E-state index in [1.807, 2.05) is 35.2 Å². The second-order valence-corrected chi connectivity index (χ2v) is 6.16. The first-order chi connectivity index (χ1) is 13.2. The Morgan fingerprint density at radius 3 is 2.56 bits per heavy atom. The Morgan fingerprint density at radius 2 is 1.89 bits per heavy atom. The van der Waals surface area contributed by atoms with Crippen molar-refractivity contribution in [2.24, 2.45) is 0 Å². The Balaban J connectivity index is 1.52. The van der Waals surface area contributed by atoms with Gasteiger partial charge in [0.1, 0.15) is 6.33 Å². The zero-order valence-electron chi connectivity index (χ0n) is 14.5. The maximum Gasteiger partial charge on any atom is 0.290 e. The van der Waals surface area contributed by atoms with E-state index in [9.17, 15) is 9.59 Å². The first kappa shape index (κ1) is 16.9. The predicted octanol–water partition coefficient (Wildman–Crippen LogP) is -0.305. The topological polar surface area (TPSA) is 113 Å². The highest BCUT2D eigenvalue weighted by Crippen LogP contribution is 2.21. The van der Waals surface area contributed by atoms with Crippen LogP contribution in [0.5, 0.6) is 0 Å². The van der Waals surface area contributed by atoms with Crippen molar-refractivity contribution in [2.45, 2.75) is 6.04 Å². The summed E-state index contributed by atoms with van der Waals surface area (Å²) in [5.74, 6) is 0.299. The monoisotopic (exact) mass is 366 g/mol. The van der Waals surface area contributed by atoms with Gasteiger partial charge in [-0.1, -0.05) is 30.3 Å². The number of benzene rings is 1. The molecule has 138 valence electrons. The molecule has 1 saturated heterocycles. The van der Waals surface area contributed by atoms with Crippen LogP contribution in [-0.2, 0) is 4.79 Å². The smallest absolute Gasteiger partial charge is 0.290 e. The van der Waals surface area contributed by atoms with Crippen molar-refractivity contribution in [3.63, 3.8) is 0 Å². The van der Waals surface area contributed by atoms with Crippen molar-refractivity contribution < 1.29 is 4.79 Å². The Hall–Kier alpha value is -3.56. The molecule has 1 aromatic carbocycles. The van der Waals surface area contributed by atoms with Crippen molar-refractivity contribution in [3.8, 4) is 0 Å². The largest absolute Gasteiger partial charge is 0.348 e. The third-order valence-electron chi connectivity index (χ3n) is 4.56. The van der Waals surface area contributed by atoms with Gasteiger partial charge in [-0.15, -0.1) is 5.10 Å². The Bertz CT molecular complexity index is 948. The number of nitrogens with zero attached hydrogens (tertiary/aromatic N) is 7. The second kappa shape index (κ2) is 7.36. The van der Waals surface area contributed by atoms with Crippen molar-refractivity contribution in [2.75, 3.05) is 31.1 Å². The number of aromatic amines is 1. The molecule has 27 heavy (non-hydrogen) atoms. The molecular weight excluding hydrogens is 348 g/mol. The van der Waals surface area contributed by atoms with E-state index in [0.29, 0.717) is 32.0 Å². The van der Waals surface area contributed by atoms with Crippen LogP contribution in [0.25, 0.3) is 0 Å². The van der Waals surface area contributed by atoms with Crippen LogP contribution in [0.15, 0.2) is 53.8 Å². The van der Waals surface area contributed by atoms with E-state index >= 15 is 0 Å². The molecule has 1 aliphatic heterocycles. The van der Waals surface area contributed by atoms with E-state index in [-0.39, 0.29) is 11.5 Å². The zero-order chi connectivity index (χ0) is 18.6. The highest BCUT2D eigenvalue weighted by Gasteiger charge is 2.31. The summed E-state index contributed by atoms with van der Waals surface area (Å²) in [7, 11) is 0. The van der Waals surface area contributed by atoms with Crippen molar-refractivity contribution in [3.05, 3.63) is 65.0 Å². The predicted molar refractivity (Wildman–Crippen MR) is 96.0 cm³/mol. The molecule has 0 aliphatic carbocycles. The maximum absolute atomic E-state index is 13.2. The number of hydrogen-bond donors (Lipinski definition) is 1. The molecule has 10 heteroatoms. The van der Waals surface area contributed by atoms with Gasteiger partial charge in [-0.25, -0.2) is 9.67 Å². The van der Waals surface area contributed by atoms with E-state index in [0.717, 1.165) is 5.56 Å². The fraction of sp³-hybridized carbons (Fsp3) is 0.294. The Labute approximate surface area is 154 Å². The van der Waals surface area contributed by atoms with Crippen molar-refractivity contribution in [1.29, 1.82) is 0 Å². The fourth-order valence-corrected chi connectivity index (χ4v) is 3.21. The second-order valence-electron chi connectivity index (χ2n) is 6.16. The van der Waals surface area contributed by atoms with E-state index in [1.165, 1.54) is 17.2 Å². The quantitative estimate of drug-likeness (QED) is 0.674. The van der Waals surface area contributed by atoms with E-state index in [4.69, 9.17) is 0 Å². The number of tetrazole rings is 1. The first-order valence-corrected chi connectivity index (χ1v) is 8.59. The summed E-state index contributed by atoms with van der Waals surface area (Å²) in [4.78, 5) is 35.6.